The lowest BCUT2D eigenvalue weighted by molar-refractivity contribution is -0.122. The first-order chi connectivity index (χ1) is 13.2. The number of amides is 1. The molecule has 1 N–H and O–H groups in total. The summed E-state index contributed by atoms with van der Waals surface area (Å²) in [5.74, 6) is 0.888. The number of nitrogens with one attached hydrogen (secondary N) is 1. The van der Waals surface area contributed by atoms with Crippen molar-refractivity contribution in [1.82, 2.24) is 15.1 Å². The fraction of sp³-hybridized carbons (Fsp3) is 0.238. The fourth-order valence-corrected chi connectivity index (χ4v) is 3.63. The lowest BCUT2D eigenvalue weighted by Gasteiger charge is -2.27. The zero-order valence-electron chi connectivity index (χ0n) is 14.8. The van der Waals surface area contributed by atoms with Crippen molar-refractivity contribution in [3.63, 3.8) is 0 Å². The zero-order chi connectivity index (χ0) is 18.6. The van der Waals surface area contributed by atoms with E-state index in [0.29, 0.717) is 19.4 Å². The summed E-state index contributed by atoms with van der Waals surface area (Å²) in [5, 5.41) is 7.53. The number of hydrogen-bond donors (Lipinski definition) is 1. The second-order valence-electron chi connectivity index (χ2n) is 6.57. The van der Waals surface area contributed by atoms with Crippen LogP contribution in [0.15, 0.2) is 65.4 Å². The number of carbonyl (C=O) groups is 1. The van der Waals surface area contributed by atoms with Crippen molar-refractivity contribution < 1.29 is 9.53 Å². The van der Waals surface area contributed by atoms with E-state index in [-0.39, 0.29) is 11.9 Å². The van der Waals surface area contributed by atoms with Crippen molar-refractivity contribution in [2.24, 2.45) is 0 Å². The first-order valence-corrected chi connectivity index (χ1v) is 9.79. The molecule has 27 heavy (non-hydrogen) atoms. The number of carbonyl (C=O) groups excluding carboxylic acids is 1. The number of rotatable bonds is 5. The van der Waals surface area contributed by atoms with Crippen LogP contribution >= 0.6 is 15.9 Å². The van der Waals surface area contributed by atoms with Gasteiger partial charge in [-0.3, -0.25) is 4.79 Å². The third-order valence-corrected chi connectivity index (χ3v) is 5.14. The van der Waals surface area contributed by atoms with Crippen molar-refractivity contribution in [1.29, 1.82) is 0 Å². The predicted molar refractivity (Wildman–Crippen MR) is 107 cm³/mol. The molecule has 2 aromatic carbocycles. The summed E-state index contributed by atoms with van der Waals surface area (Å²) < 4.78 is 8.50. The highest BCUT2D eigenvalue weighted by molar-refractivity contribution is 9.10. The Morgan fingerprint density at radius 2 is 2.11 bits per heavy atom. The molecule has 0 spiro atoms. The van der Waals surface area contributed by atoms with Gasteiger partial charge in [-0.25, -0.2) is 4.68 Å². The van der Waals surface area contributed by atoms with Crippen LogP contribution in [0.3, 0.4) is 0 Å². The van der Waals surface area contributed by atoms with Crippen LogP contribution in [0.2, 0.25) is 0 Å². The van der Waals surface area contributed by atoms with Gasteiger partial charge in [-0.1, -0.05) is 34.1 Å². The summed E-state index contributed by atoms with van der Waals surface area (Å²) >= 11 is 3.49. The highest BCUT2D eigenvalue weighted by Crippen LogP contribution is 2.34. The van der Waals surface area contributed by atoms with Gasteiger partial charge in [0.2, 0.25) is 5.91 Å². The van der Waals surface area contributed by atoms with Gasteiger partial charge < -0.3 is 10.1 Å². The van der Waals surface area contributed by atoms with E-state index >= 15 is 0 Å². The SMILES string of the molecule is O=C(CCc1cnn(-c2ccccc2)c1)NC1CCOc2ccc(Br)cc21. The Bertz CT molecular complexity index is 940. The van der Waals surface area contributed by atoms with Crippen molar-refractivity contribution >= 4 is 21.8 Å². The maximum atomic E-state index is 12.5. The minimum absolute atomic E-state index is 0.00853. The summed E-state index contributed by atoms with van der Waals surface area (Å²) in [7, 11) is 0. The molecule has 0 bridgehead atoms. The van der Waals surface area contributed by atoms with Crippen LogP contribution in [-0.2, 0) is 11.2 Å². The average Bonchev–Trinajstić information content (AvgIpc) is 3.17. The van der Waals surface area contributed by atoms with Crippen molar-refractivity contribution in [2.75, 3.05) is 6.61 Å². The molecule has 2 heterocycles. The Morgan fingerprint density at radius 1 is 1.26 bits per heavy atom. The fourth-order valence-electron chi connectivity index (χ4n) is 3.25. The number of halogens is 1. The van der Waals surface area contributed by atoms with E-state index in [1.807, 2.05) is 65.6 Å². The van der Waals surface area contributed by atoms with Crippen molar-refractivity contribution in [3.05, 3.63) is 76.5 Å². The molecule has 6 heteroatoms. The first kappa shape index (κ1) is 17.8. The molecule has 1 atom stereocenters. The number of nitrogens with zero attached hydrogens (tertiary/aromatic N) is 2. The van der Waals surface area contributed by atoms with Crippen molar-refractivity contribution in [3.8, 4) is 11.4 Å². The normalized spacial score (nSPS) is 15.7. The van der Waals surface area contributed by atoms with Crippen LogP contribution in [0.5, 0.6) is 5.75 Å². The molecule has 1 aliphatic rings. The minimum atomic E-state index is -0.00853. The highest BCUT2D eigenvalue weighted by atomic mass is 79.9. The average molecular weight is 426 g/mol. The van der Waals surface area contributed by atoms with Gasteiger partial charge in [0.1, 0.15) is 5.75 Å². The standard InChI is InChI=1S/C21H20BrN3O2/c22-16-7-8-20-18(12-16)19(10-11-27-20)24-21(26)9-6-15-13-23-25(14-15)17-4-2-1-3-5-17/h1-5,7-8,12-14,19H,6,9-11H2,(H,24,26). The second-order valence-corrected chi connectivity index (χ2v) is 7.48. The van der Waals surface area contributed by atoms with Crippen LogP contribution in [0.25, 0.3) is 5.69 Å². The Balaban J connectivity index is 1.36. The molecular formula is C21H20BrN3O2. The summed E-state index contributed by atoms with van der Waals surface area (Å²) in [6, 6.07) is 15.8. The number of fused-ring (bicyclic) bond motifs is 1. The van der Waals surface area contributed by atoms with Crippen LogP contribution in [-0.4, -0.2) is 22.3 Å². The molecule has 5 nitrogen and oxygen atoms in total. The quantitative estimate of drug-likeness (QED) is 0.665. The predicted octanol–water partition coefficient (Wildman–Crippen LogP) is 4.21. The van der Waals surface area contributed by atoms with E-state index in [4.69, 9.17) is 4.74 Å². The summed E-state index contributed by atoms with van der Waals surface area (Å²) in [4.78, 5) is 12.5. The summed E-state index contributed by atoms with van der Waals surface area (Å²) in [6.45, 7) is 0.615. The van der Waals surface area contributed by atoms with Gasteiger partial charge >= 0.3 is 0 Å². The molecule has 1 amide bonds. The number of para-hydroxylation sites is 1. The number of hydrogen-bond acceptors (Lipinski definition) is 3. The van der Waals surface area contributed by atoms with Gasteiger partial charge in [-0.2, -0.15) is 5.10 Å². The number of ether oxygens (including phenoxy) is 1. The van der Waals surface area contributed by atoms with E-state index in [2.05, 4.69) is 26.3 Å². The molecule has 3 aromatic rings. The van der Waals surface area contributed by atoms with Crippen LogP contribution in [0.1, 0.15) is 30.0 Å². The lowest BCUT2D eigenvalue weighted by Crippen LogP contribution is -2.32. The highest BCUT2D eigenvalue weighted by Gasteiger charge is 2.23. The van der Waals surface area contributed by atoms with E-state index in [0.717, 1.165) is 33.5 Å². The van der Waals surface area contributed by atoms with Crippen LogP contribution in [0.4, 0.5) is 0 Å². The van der Waals surface area contributed by atoms with Gasteiger partial charge in [0.15, 0.2) is 0 Å². The summed E-state index contributed by atoms with van der Waals surface area (Å²) in [6.07, 6.45) is 5.67. The summed E-state index contributed by atoms with van der Waals surface area (Å²) in [5.41, 5.74) is 3.09. The van der Waals surface area contributed by atoms with Gasteiger partial charge in [-0.15, -0.1) is 0 Å². The molecule has 4 rings (SSSR count). The van der Waals surface area contributed by atoms with Crippen LogP contribution < -0.4 is 10.1 Å². The maximum Gasteiger partial charge on any atom is 0.220 e. The monoisotopic (exact) mass is 425 g/mol. The Hall–Kier alpha value is -2.60. The Kier molecular flexibility index (Phi) is 5.25. The van der Waals surface area contributed by atoms with E-state index in [9.17, 15) is 4.79 Å². The Labute approximate surface area is 166 Å². The van der Waals surface area contributed by atoms with E-state index < -0.39 is 0 Å². The van der Waals surface area contributed by atoms with Crippen molar-refractivity contribution in [2.45, 2.75) is 25.3 Å². The second kappa shape index (κ2) is 7.96. The molecule has 1 aliphatic heterocycles. The molecule has 0 saturated heterocycles. The molecule has 0 aliphatic carbocycles. The maximum absolute atomic E-state index is 12.5. The van der Waals surface area contributed by atoms with E-state index in [1.54, 1.807) is 0 Å². The third-order valence-electron chi connectivity index (χ3n) is 4.64. The number of aryl methyl sites for hydroxylation is 1. The smallest absolute Gasteiger partial charge is 0.220 e. The lowest BCUT2D eigenvalue weighted by atomic mass is 10.0. The first-order valence-electron chi connectivity index (χ1n) is 8.99. The van der Waals surface area contributed by atoms with Gasteiger partial charge in [0.25, 0.3) is 0 Å². The van der Waals surface area contributed by atoms with Crippen LogP contribution in [0, 0.1) is 0 Å². The third kappa shape index (κ3) is 4.22. The molecule has 138 valence electrons. The molecular weight excluding hydrogens is 406 g/mol. The molecule has 0 fully saturated rings. The molecule has 0 saturated carbocycles. The molecule has 0 radical (unpaired) electrons. The number of benzene rings is 2. The zero-order valence-corrected chi connectivity index (χ0v) is 16.4. The largest absolute Gasteiger partial charge is 0.493 e. The minimum Gasteiger partial charge on any atom is -0.493 e. The topological polar surface area (TPSA) is 56.2 Å². The molecule has 1 aromatic heterocycles. The number of aromatic nitrogens is 2. The Morgan fingerprint density at radius 3 is 2.96 bits per heavy atom. The van der Waals surface area contributed by atoms with Gasteiger partial charge in [0, 0.05) is 29.1 Å². The molecule has 1 unspecified atom stereocenters. The van der Waals surface area contributed by atoms with Gasteiger partial charge in [-0.05, 0) is 42.3 Å². The van der Waals surface area contributed by atoms with E-state index in [1.165, 1.54) is 0 Å². The van der Waals surface area contributed by atoms with Gasteiger partial charge in [0.05, 0.1) is 24.5 Å².